The van der Waals surface area contributed by atoms with Crippen molar-refractivity contribution >= 4 is 15.9 Å². The van der Waals surface area contributed by atoms with Crippen molar-refractivity contribution in [3.63, 3.8) is 0 Å². The van der Waals surface area contributed by atoms with E-state index in [1.807, 2.05) is 0 Å². The van der Waals surface area contributed by atoms with Gasteiger partial charge >= 0.3 is 0 Å². The normalized spacial score (nSPS) is 26.5. The molecule has 1 aromatic rings. The summed E-state index contributed by atoms with van der Waals surface area (Å²) in [5.74, 6) is 1.82. The van der Waals surface area contributed by atoms with Gasteiger partial charge in [-0.05, 0) is 55.2 Å². The van der Waals surface area contributed by atoms with E-state index >= 15 is 0 Å². The van der Waals surface area contributed by atoms with Gasteiger partial charge in [0.05, 0.1) is 0 Å². The predicted molar refractivity (Wildman–Crippen MR) is 69.1 cm³/mol. The Morgan fingerprint density at radius 1 is 1.07 bits per heavy atom. The van der Waals surface area contributed by atoms with Crippen LogP contribution in [-0.4, -0.2) is 0 Å². The summed E-state index contributed by atoms with van der Waals surface area (Å²) in [6.45, 7) is 2.32. The number of benzene rings is 1. The maximum Gasteiger partial charge on any atom is 0.0175 e. The van der Waals surface area contributed by atoms with Crippen molar-refractivity contribution in [2.45, 2.75) is 44.9 Å². The molecule has 0 heterocycles. The molecule has 0 aromatic heterocycles. The second kappa shape index (κ2) is 5.16. The van der Waals surface area contributed by atoms with E-state index in [1.165, 1.54) is 42.1 Å². The van der Waals surface area contributed by atoms with E-state index in [9.17, 15) is 0 Å². The highest BCUT2D eigenvalue weighted by Gasteiger charge is 2.20. The third kappa shape index (κ3) is 2.84. The molecule has 1 saturated carbocycles. The highest BCUT2D eigenvalue weighted by molar-refractivity contribution is 9.10. The Hall–Kier alpha value is -0.300. The van der Waals surface area contributed by atoms with Crippen LogP contribution < -0.4 is 0 Å². The van der Waals surface area contributed by atoms with E-state index in [0.29, 0.717) is 0 Å². The Morgan fingerprint density at radius 3 is 2.20 bits per heavy atom. The van der Waals surface area contributed by atoms with E-state index in [0.717, 1.165) is 11.8 Å². The first-order valence-electron chi connectivity index (χ1n) is 6.05. The van der Waals surface area contributed by atoms with Crippen LogP contribution in [0.1, 0.15) is 50.5 Å². The number of hydrogen-bond acceptors (Lipinski definition) is 0. The van der Waals surface area contributed by atoms with Gasteiger partial charge in [0.2, 0.25) is 0 Å². The fourth-order valence-corrected chi connectivity index (χ4v) is 2.90. The number of rotatable bonds is 2. The first-order chi connectivity index (χ1) is 7.29. The Bertz CT molecular complexity index is 294. The van der Waals surface area contributed by atoms with Crippen LogP contribution in [0.4, 0.5) is 0 Å². The summed E-state index contributed by atoms with van der Waals surface area (Å²) in [5, 5.41) is 0. The fraction of sp³-hybridized carbons (Fsp3) is 0.571. The highest BCUT2D eigenvalue weighted by atomic mass is 79.9. The topological polar surface area (TPSA) is 0 Å². The lowest BCUT2D eigenvalue weighted by atomic mass is 9.78. The molecule has 0 unspecified atom stereocenters. The molecule has 1 aliphatic carbocycles. The molecule has 1 aliphatic rings. The van der Waals surface area contributed by atoms with Gasteiger partial charge in [0, 0.05) is 4.47 Å². The first-order valence-corrected chi connectivity index (χ1v) is 6.84. The molecular formula is C14H19Br. The van der Waals surface area contributed by atoms with E-state index in [-0.39, 0.29) is 0 Å². The van der Waals surface area contributed by atoms with Gasteiger partial charge in [0.1, 0.15) is 0 Å². The average Bonchev–Trinajstić information content (AvgIpc) is 2.30. The lowest BCUT2D eigenvalue weighted by molar-refractivity contribution is 0.319. The fourth-order valence-electron chi connectivity index (χ4n) is 2.64. The van der Waals surface area contributed by atoms with Crippen LogP contribution in [0.25, 0.3) is 0 Å². The Balaban J connectivity index is 1.98. The zero-order valence-corrected chi connectivity index (χ0v) is 11.0. The van der Waals surface area contributed by atoms with Gasteiger partial charge in [-0.1, -0.05) is 41.4 Å². The summed E-state index contributed by atoms with van der Waals surface area (Å²) < 4.78 is 1.19. The van der Waals surface area contributed by atoms with E-state index in [1.54, 1.807) is 0 Å². The largest absolute Gasteiger partial charge is 0.0651 e. The molecule has 0 radical (unpaired) electrons. The third-order valence-electron chi connectivity index (χ3n) is 3.77. The third-order valence-corrected chi connectivity index (χ3v) is 4.29. The van der Waals surface area contributed by atoms with Crippen LogP contribution in [0.3, 0.4) is 0 Å². The van der Waals surface area contributed by atoms with E-state index in [2.05, 4.69) is 47.1 Å². The molecule has 0 N–H and O–H groups in total. The van der Waals surface area contributed by atoms with E-state index < -0.39 is 0 Å². The average molecular weight is 267 g/mol. The Labute approximate surface area is 101 Å². The smallest absolute Gasteiger partial charge is 0.0175 e. The number of halogens is 1. The molecule has 1 fully saturated rings. The minimum absolute atomic E-state index is 0.820. The molecule has 0 nitrogen and oxygen atoms in total. The molecule has 0 bridgehead atoms. The van der Waals surface area contributed by atoms with Gasteiger partial charge in [-0.2, -0.15) is 0 Å². The molecule has 0 atom stereocenters. The molecule has 0 spiro atoms. The molecule has 0 saturated heterocycles. The molecule has 1 heteroatoms. The van der Waals surface area contributed by atoms with Crippen LogP contribution in [-0.2, 0) is 0 Å². The van der Waals surface area contributed by atoms with Gasteiger partial charge in [0.15, 0.2) is 0 Å². The second-order valence-corrected chi connectivity index (χ2v) is 5.59. The van der Waals surface area contributed by atoms with Crippen molar-refractivity contribution in [3.8, 4) is 0 Å². The quantitative estimate of drug-likeness (QED) is 0.696. The van der Waals surface area contributed by atoms with Gasteiger partial charge < -0.3 is 0 Å². The maximum absolute atomic E-state index is 3.49. The molecule has 0 aliphatic heterocycles. The monoisotopic (exact) mass is 266 g/mol. The zero-order valence-electron chi connectivity index (χ0n) is 9.38. The minimum Gasteiger partial charge on any atom is -0.0651 e. The van der Waals surface area contributed by atoms with Crippen LogP contribution in [0.15, 0.2) is 28.7 Å². The summed E-state index contributed by atoms with van der Waals surface area (Å²) in [4.78, 5) is 0. The highest BCUT2D eigenvalue weighted by Crippen LogP contribution is 2.37. The van der Waals surface area contributed by atoms with Gasteiger partial charge in [-0.3, -0.25) is 0 Å². The minimum atomic E-state index is 0.820. The molecule has 0 amide bonds. The molecule has 15 heavy (non-hydrogen) atoms. The summed E-state index contributed by atoms with van der Waals surface area (Å²) in [5.41, 5.74) is 1.53. The van der Waals surface area contributed by atoms with Crippen LogP contribution in [0.5, 0.6) is 0 Å². The predicted octanol–water partition coefficient (Wildman–Crippen LogP) is 5.13. The van der Waals surface area contributed by atoms with E-state index in [4.69, 9.17) is 0 Å². The summed E-state index contributed by atoms with van der Waals surface area (Å²) >= 11 is 3.49. The first kappa shape index (κ1) is 11.2. The molecule has 2 rings (SSSR count). The van der Waals surface area contributed by atoms with Crippen molar-refractivity contribution in [3.05, 3.63) is 34.3 Å². The van der Waals surface area contributed by atoms with Crippen molar-refractivity contribution in [1.29, 1.82) is 0 Å². The van der Waals surface area contributed by atoms with Crippen molar-refractivity contribution in [2.75, 3.05) is 0 Å². The van der Waals surface area contributed by atoms with Crippen molar-refractivity contribution < 1.29 is 0 Å². The Kier molecular flexibility index (Phi) is 3.85. The maximum atomic E-state index is 3.49. The van der Waals surface area contributed by atoms with Crippen molar-refractivity contribution in [2.24, 2.45) is 5.92 Å². The van der Waals surface area contributed by atoms with Crippen LogP contribution in [0.2, 0.25) is 0 Å². The molecule has 82 valence electrons. The molecular weight excluding hydrogens is 248 g/mol. The second-order valence-electron chi connectivity index (χ2n) is 4.68. The summed E-state index contributed by atoms with van der Waals surface area (Å²) in [6, 6.07) is 8.89. The standard InChI is InChI=1S/C14H19Br/c1-2-11-3-5-12(6-4-11)13-7-9-14(15)10-8-13/h7-12H,2-6H2,1H3/t11-,12-. The van der Waals surface area contributed by atoms with Crippen LogP contribution in [0, 0.1) is 5.92 Å². The summed E-state index contributed by atoms with van der Waals surface area (Å²) in [7, 11) is 0. The summed E-state index contributed by atoms with van der Waals surface area (Å²) in [6.07, 6.45) is 7.00. The molecule has 1 aromatic carbocycles. The van der Waals surface area contributed by atoms with Crippen LogP contribution >= 0.6 is 15.9 Å². The zero-order chi connectivity index (χ0) is 10.7. The Morgan fingerprint density at radius 2 is 1.67 bits per heavy atom. The lowest BCUT2D eigenvalue weighted by Gasteiger charge is -2.28. The van der Waals surface area contributed by atoms with Crippen molar-refractivity contribution in [1.82, 2.24) is 0 Å². The number of hydrogen-bond donors (Lipinski definition) is 0. The van der Waals surface area contributed by atoms with Gasteiger partial charge in [-0.15, -0.1) is 0 Å². The SMILES string of the molecule is CC[C@H]1CC[C@H](c2ccc(Br)cc2)CC1. The van der Waals surface area contributed by atoms with Gasteiger partial charge in [-0.25, -0.2) is 0 Å². The van der Waals surface area contributed by atoms with Gasteiger partial charge in [0.25, 0.3) is 0 Å². The lowest BCUT2D eigenvalue weighted by Crippen LogP contribution is -2.12.